The van der Waals surface area contributed by atoms with Crippen LogP contribution in [0.25, 0.3) is 0 Å². The molecule has 1 amide bonds. The van der Waals surface area contributed by atoms with E-state index in [-0.39, 0.29) is 18.4 Å². The second kappa shape index (κ2) is 7.81. The van der Waals surface area contributed by atoms with Crippen LogP contribution in [0.15, 0.2) is 0 Å². The third-order valence-electron chi connectivity index (χ3n) is 4.80. The van der Waals surface area contributed by atoms with E-state index < -0.39 is 5.97 Å². The Morgan fingerprint density at radius 2 is 1.76 bits per heavy atom. The van der Waals surface area contributed by atoms with Crippen molar-refractivity contribution in [2.24, 2.45) is 17.3 Å². The fourth-order valence-electron chi connectivity index (χ4n) is 3.50. The number of amides is 1. The van der Waals surface area contributed by atoms with E-state index in [0.29, 0.717) is 17.8 Å². The molecule has 0 aliphatic heterocycles. The van der Waals surface area contributed by atoms with Gasteiger partial charge in [0.25, 0.3) is 0 Å². The third-order valence-corrected chi connectivity index (χ3v) is 4.80. The van der Waals surface area contributed by atoms with Crippen LogP contribution in [0.4, 0.5) is 0 Å². The number of carboxylic acids is 1. The van der Waals surface area contributed by atoms with Gasteiger partial charge >= 0.3 is 5.97 Å². The Kier molecular flexibility index (Phi) is 6.69. The van der Waals surface area contributed by atoms with Crippen molar-refractivity contribution in [3.8, 4) is 0 Å². The van der Waals surface area contributed by atoms with Crippen molar-refractivity contribution >= 4 is 11.9 Å². The number of hydrogen-bond donors (Lipinski definition) is 2. The Labute approximate surface area is 128 Å². The van der Waals surface area contributed by atoms with Gasteiger partial charge in [0.15, 0.2) is 0 Å². The fourth-order valence-corrected chi connectivity index (χ4v) is 3.50. The van der Waals surface area contributed by atoms with Gasteiger partial charge < -0.3 is 10.4 Å². The summed E-state index contributed by atoms with van der Waals surface area (Å²) >= 11 is 0. The number of carbonyl (C=O) groups excluding carboxylic acids is 1. The van der Waals surface area contributed by atoms with Crippen LogP contribution in [-0.2, 0) is 9.59 Å². The summed E-state index contributed by atoms with van der Waals surface area (Å²) in [6, 6.07) is 0.00906. The SMILES string of the molecule is CC(=O)NC(CCC(=O)O)CC1CCC(C(C)(C)C)CC1. The minimum atomic E-state index is -0.790. The number of carboxylic acid groups (broad SMARTS) is 1. The predicted molar refractivity (Wildman–Crippen MR) is 84.0 cm³/mol. The Hall–Kier alpha value is -1.06. The first-order valence-electron chi connectivity index (χ1n) is 8.17. The minimum Gasteiger partial charge on any atom is -0.481 e. The molecule has 0 radical (unpaired) electrons. The minimum absolute atomic E-state index is 0.00906. The van der Waals surface area contributed by atoms with Crippen LogP contribution >= 0.6 is 0 Å². The molecular formula is C17H31NO3. The van der Waals surface area contributed by atoms with Gasteiger partial charge in [0.05, 0.1) is 0 Å². The van der Waals surface area contributed by atoms with Crippen molar-refractivity contribution in [1.29, 1.82) is 0 Å². The molecular weight excluding hydrogens is 266 g/mol. The lowest BCUT2D eigenvalue weighted by Crippen LogP contribution is -2.36. The van der Waals surface area contributed by atoms with Crippen molar-refractivity contribution in [3.63, 3.8) is 0 Å². The highest BCUT2D eigenvalue weighted by atomic mass is 16.4. The van der Waals surface area contributed by atoms with Crippen LogP contribution in [0.3, 0.4) is 0 Å². The quantitative estimate of drug-likeness (QED) is 0.787. The maximum atomic E-state index is 11.3. The second-order valence-electron chi connectivity index (χ2n) is 7.65. The molecule has 0 heterocycles. The highest BCUT2D eigenvalue weighted by Gasteiger charge is 2.30. The zero-order valence-electron chi connectivity index (χ0n) is 13.9. The highest BCUT2D eigenvalue weighted by Crippen LogP contribution is 2.41. The van der Waals surface area contributed by atoms with Crippen LogP contribution in [-0.4, -0.2) is 23.0 Å². The molecule has 0 spiro atoms. The Balaban J connectivity index is 2.45. The van der Waals surface area contributed by atoms with Gasteiger partial charge in [0.1, 0.15) is 0 Å². The molecule has 1 aliphatic carbocycles. The van der Waals surface area contributed by atoms with E-state index in [1.807, 2.05) is 0 Å². The maximum Gasteiger partial charge on any atom is 0.303 e. The van der Waals surface area contributed by atoms with E-state index in [4.69, 9.17) is 5.11 Å². The number of rotatable bonds is 6. The van der Waals surface area contributed by atoms with Crippen LogP contribution in [0.1, 0.15) is 72.6 Å². The average Bonchev–Trinajstić information content (AvgIpc) is 2.35. The molecule has 1 atom stereocenters. The summed E-state index contributed by atoms with van der Waals surface area (Å²) < 4.78 is 0. The first kappa shape index (κ1) is 18.0. The lowest BCUT2D eigenvalue weighted by atomic mass is 9.69. The van der Waals surface area contributed by atoms with Crippen molar-refractivity contribution in [3.05, 3.63) is 0 Å². The van der Waals surface area contributed by atoms with Gasteiger partial charge in [-0.25, -0.2) is 0 Å². The van der Waals surface area contributed by atoms with Crippen molar-refractivity contribution in [2.75, 3.05) is 0 Å². The molecule has 0 bridgehead atoms. The zero-order chi connectivity index (χ0) is 16.0. The van der Waals surface area contributed by atoms with Gasteiger partial charge in [-0.2, -0.15) is 0 Å². The van der Waals surface area contributed by atoms with Gasteiger partial charge in [-0.15, -0.1) is 0 Å². The summed E-state index contributed by atoms with van der Waals surface area (Å²) in [5.74, 6) is 0.553. The monoisotopic (exact) mass is 297 g/mol. The topological polar surface area (TPSA) is 66.4 Å². The lowest BCUT2D eigenvalue weighted by molar-refractivity contribution is -0.137. The standard InChI is InChI=1S/C17H31NO3/c1-12(19)18-15(9-10-16(20)21)11-13-5-7-14(8-6-13)17(2,3)4/h13-15H,5-11H2,1-4H3,(H,18,19)(H,20,21). The molecule has 21 heavy (non-hydrogen) atoms. The molecule has 4 heteroatoms. The number of nitrogens with one attached hydrogen (secondary N) is 1. The Morgan fingerprint density at radius 3 is 2.19 bits per heavy atom. The smallest absolute Gasteiger partial charge is 0.303 e. The Bertz CT molecular complexity index is 352. The summed E-state index contributed by atoms with van der Waals surface area (Å²) in [7, 11) is 0. The van der Waals surface area contributed by atoms with Gasteiger partial charge in [-0.1, -0.05) is 33.6 Å². The molecule has 0 aromatic rings. The van der Waals surface area contributed by atoms with Crippen LogP contribution in [0.5, 0.6) is 0 Å². The molecule has 1 aliphatic rings. The summed E-state index contributed by atoms with van der Waals surface area (Å²) in [5, 5.41) is 11.7. The molecule has 4 nitrogen and oxygen atoms in total. The molecule has 0 saturated heterocycles. The predicted octanol–water partition coefficient (Wildman–Crippen LogP) is 3.60. The first-order valence-corrected chi connectivity index (χ1v) is 8.17. The van der Waals surface area contributed by atoms with Crippen molar-refractivity contribution in [2.45, 2.75) is 78.7 Å². The first-order chi connectivity index (χ1) is 9.68. The highest BCUT2D eigenvalue weighted by molar-refractivity contribution is 5.73. The van der Waals surface area contributed by atoms with Gasteiger partial charge in [0, 0.05) is 19.4 Å². The van der Waals surface area contributed by atoms with Gasteiger partial charge in [-0.3, -0.25) is 9.59 Å². The third kappa shape index (κ3) is 6.96. The lowest BCUT2D eigenvalue weighted by Gasteiger charge is -2.38. The van der Waals surface area contributed by atoms with Crippen LogP contribution in [0.2, 0.25) is 0 Å². The summed E-state index contributed by atoms with van der Waals surface area (Å²) in [6.45, 7) is 8.44. The van der Waals surface area contributed by atoms with Crippen LogP contribution < -0.4 is 5.32 Å². The molecule has 2 N–H and O–H groups in total. The number of carbonyl (C=O) groups is 2. The summed E-state index contributed by atoms with van der Waals surface area (Å²) in [6.07, 6.45) is 6.48. The Morgan fingerprint density at radius 1 is 1.19 bits per heavy atom. The van der Waals surface area contributed by atoms with Crippen molar-refractivity contribution in [1.82, 2.24) is 5.32 Å². The summed E-state index contributed by atoms with van der Waals surface area (Å²) in [4.78, 5) is 22.0. The molecule has 1 fully saturated rings. The molecule has 1 saturated carbocycles. The molecule has 122 valence electrons. The fraction of sp³-hybridized carbons (Fsp3) is 0.882. The van der Waals surface area contributed by atoms with E-state index in [9.17, 15) is 9.59 Å². The maximum absolute atomic E-state index is 11.3. The molecule has 0 aromatic carbocycles. The molecule has 1 unspecified atom stereocenters. The zero-order valence-corrected chi connectivity index (χ0v) is 13.9. The largest absolute Gasteiger partial charge is 0.481 e. The van der Waals surface area contributed by atoms with E-state index in [1.165, 1.54) is 32.6 Å². The average molecular weight is 297 g/mol. The van der Waals surface area contributed by atoms with E-state index in [2.05, 4.69) is 26.1 Å². The normalized spacial score (nSPS) is 24.4. The van der Waals surface area contributed by atoms with E-state index in [0.717, 1.165) is 12.3 Å². The van der Waals surface area contributed by atoms with Crippen LogP contribution in [0, 0.1) is 17.3 Å². The van der Waals surface area contributed by atoms with Gasteiger partial charge in [-0.05, 0) is 42.9 Å². The van der Waals surface area contributed by atoms with E-state index in [1.54, 1.807) is 0 Å². The van der Waals surface area contributed by atoms with Gasteiger partial charge in [0.2, 0.25) is 5.91 Å². The van der Waals surface area contributed by atoms with Crippen molar-refractivity contribution < 1.29 is 14.7 Å². The second-order valence-corrected chi connectivity index (χ2v) is 7.65. The molecule has 0 aromatic heterocycles. The number of hydrogen-bond acceptors (Lipinski definition) is 2. The molecule has 1 rings (SSSR count). The summed E-state index contributed by atoms with van der Waals surface area (Å²) in [5.41, 5.74) is 0.380. The number of aliphatic carboxylic acids is 1. The van der Waals surface area contributed by atoms with E-state index >= 15 is 0 Å².